The van der Waals surface area contributed by atoms with Crippen molar-refractivity contribution in [1.82, 2.24) is 15.1 Å². The number of hydrogen-bond donors (Lipinski definition) is 1. The number of nitrogens with one attached hydrogen (secondary N) is 1. The van der Waals surface area contributed by atoms with Gasteiger partial charge in [0.25, 0.3) is 0 Å². The van der Waals surface area contributed by atoms with Crippen LogP contribution in [0.4, 0.5) is 5.69 Å². The van der Waals surface area contributed by atoms with Crippen LogP contribution >= 0.6 is 0 Å². The molecule has 1 heterocycles. The van der Waals surface area contributed by atoms with Crippen LogP contribution in [0.15, 0.2) is 0 Å². The number of nitro groups is 1. The van der Waals surface area contributed by atoms with Crippen molar-refractivity contribution in [3.05, 3.63) is 21.5 Å². The highest BCUT2D eigenvalue weighted by Gasteiger charge is 2.24. The predicted molar refractivity (Wildman–Crippen MR) is 72.5 cm³/mol. The molecule has 1 N–H and O–H groups in total. The highest BCUT2D eigenvalue weighted by atomic mass is 16.6. The van der Waals surface area contributed by atoms with Crippen LogP contribution in [0.1, 0.15) is 18.3 Å². The topological polar surface area (TPSA) is 116 Å². The molecule has 0 aromatic carbocycles. The van der Waals surface area contributed by atoms with Crippen molar-refractivity contribution in [2.24, 2.45) is 5.92 Å². The second-order valence-corrected chi connectivity index (χ2v) is 4.65. The lowest BCUT2D eigenvalue weighted by molar-refractivity contribution is -0.386. The van der Waals surface area contributed by atoms with Gasteiger partial charge in [-0.1, -0.05) is 6.92 Å². The summed E-state index contributed by atoms with van der Waals surface area (Å²) in [7, 11) is 1.23. The fourth-order valence-corrected chi connectivity index (χ4v) is 1.88. The number of carbonyl (C=O) groups excluding carboxylic acids is 2. The van der Waals surface area contributed by atoms with Gasteiger partial charge in [-0.2, -0.15) is 5.10 Å². The van der Waals surface area contributed by atoms with Gasteiger partial charge in [-0.25, -0.2) is 0 Å². The summed E-state index contributed by atoms with van der Waals surface area (Å²) >= 11 is 0. The van der Waals surface area contributed by atoms with Crippen LogP contribution in [0.25, 0.3) is 0 Å². The van der Waals surface area contributed by atoms with E-state index in [-0.39, 0.29) is 24.7 Å². The van der Waals surface area contributed by atoms with Gasteiger partial charge in [0.1, 0.15) is 17.9 Å². The minimum Gasteiger partial charge on any atom is -0.468 e. The fraction of sp³-hybridized carbons (Fsp3) is 0.583. The summed E-state index contributed by atoms with van der Waals surface area (Å²) < 4.78 is 5.84. The van der Waals surface area contributed by atoms with Crippen LogP contribution in [0.2, 0.25) is 0 Å². The zero-order valence-corrected chi connectivity index (χ0v) is 12.4. The van der Waals surface area contributed by atoms with E-state index < -0.39 is 16.8 Å². The van der Waals surface area contributed by atoms with Gasteiger partial charge in [0.05, 0.1) is 24.5 Å². The van der Waals surface area contributed by atoms with Crippen molar-refractivity contribution in [3.8, 4) is 0 Å². The molecule has 0 bridgehead atoms. The van der Waals surface area contributed by atoms with E-state index in [0.717, 1.165) is 0 Å². The molecule has 9 nitrogen and oxygen atoms in total. The molecule has 1 aromatic rings. The zero-order chi connectivity index (χ0) is 16.2. The van der Waals surface area contributed by atoms with Crippen molar-refractivity contribution in [2.45, 2.75) is 27.3 Å². The molecule has 0 radical (unpaired) electrons. The van der Waals surface area contributed by atoms with Gasteiger partial charge in [0.15, 0.2) is 0 Å². The largest absolute Gasteiger partial charge is 0.468 e. The average Bonchev–Trinajstić information content (AvgIpc) is 2.69. The minimum atomic E-state index is -0.544. The quantitative estimate of drug-likeness (QED) is 0.459. The summed E-state index contributed by atoms with van der Waals surface area (Å²) in [6.45, 7) is 4.75. The van der Waals surface area contributed by atoms with E-state index in [9.17, 15) is 19.7 Å². The Bertz CT molecular complexity index is 566. The average molecular weight is 298 g/mol. The van der Waals surface area contributed by atoms with Gasteiger partial charge in [-0.3, -0.25) is 24.4 Å². The van der Waals surface area contributed by atoms with E-state index in [1.807, 2.05) is 0 Å². The van der Waals surface area contributed by atoms with Gasteiger partial charge >= 0.3 is 11.7 Å². The van der Waals surface area contributed by atoms with E-state index in [0.29, 0.717) is 11.4 Å². The number of aromatic nitrogens is 2. The second kappa shape index (κ2) is 6.82. The molecule has 1 rings (SSSR count). The maximum absolute atomic E-state index is 11.8. The molecular weight excluding hydrogens is 280 g/mol. The molecule has 0 fully saturated rings. The van der Waals surface area contributed by atoms with Crippen LogP contribution in [0, 0.1) is 29.9 Å². The lowest BCUT2D eigenvalue weighted by Crippen LogP contribution is -2.35. The van der Waals surface area contributed by atoms with Gasteiger partial charge in [0, 0.05) is 0 Å². The van der Waals surface area contributed by atoms with E-state index >= 15 is 0 Å². The van der Waals surface area contributed by atoms with Gasteiger partial charge < -0.3 is 10.1 Å². The number of hydrogen-bond acceptors (Lipinski definition) is 6. The highest BCUT2D eigenvalue weighted by Crippen LogP contribution is 2.22. The Morgan fingerprint density at radius 1 is 1.48 bits per heavy atom. The summed E-state index contributed by atoms with van der Waals surface area (Å²) in [6.07, 6.45) is 0. The Morgan fingerprint density at radius 3 is 2.57 bits per heavy atom. The summed E-state index contributed by atoms with van der Waals surface area (Å²) in [4.78, 5) is 33.2. The predicted octanol–water partition coefficient (Wildman–Crippen LogP) is 0.333. The molecule has 21 heavy (non-hydrogen) atoms. The highest BCUT2D eigenvalue weighted by molar-refractivity contribution is 5.83. The standard InChI is InChI=1S/C12H18N4O5/c1-7(12(18)13-5-10(17)21-4)6-15-9(3)11(16(19)20)8(2)14-15/h7H,5-6H2,1-4H3,(H,13,18). The maximum Gasteiger partial charge on any atom is 0.325 e. The van der Waals surface area contributed by atoms with Gasteiger partial charge in [-0.15, -0.1) is 0 Å². The summed E-state index contributed by atoms with van der Waals surface area (Å²) in [5.74, 6) is -1.39. The van der Waals surface area contributed by atoms with Crippen LogP contribution in [0.5, 0.6) is 0 Å². The smallest absolute Gasteiger partial charge is 0.325 e. The van der Waals surface area contributed by atoms with Crippen molar-refractivity contribution in [1.29, 1.82) is 0 Å². The third kappa shape index (κ3) is 4.01. The molecule has 1 amide bonds. The normalized spacial score (nSPS) is 11.8. The molecule has 0 saturated carbocycles. The molecule has 0 aliphatic rings. The third-order valence-corrected chi connectivity index (χ3v) is 3.05. The van der Waals surface area contributed by atoms with E-state index in [1.165, 1.54) is 11.8 Å². The Labute approximate surface area is 121 Å². The number of methoxy groups -OCH3 is 1. The number of ether oxygens (including phenoxy) is 1. The number of amides is 1. The van der Waals surface area contributed by atoms with Crippen LogP contribution in [0.3, 0.4) is 0 Å². The SMILES string of the molecule is COC(=O)CNC(=O)C(C)Cn1nc(C)c([N+](=O)[O-])c1C. The van der Waals surface area contributed by atoms with Gasteiger partial charge in [-0.05, 0) is 13.8 Å². The molecule has 0 aliphatic heterocycles. The molecule has 1 aromatic heterocycles. The fourth-order valence-electron chi connectivity index (χ4n) is 1.88. The third-order valence-electron chi connectivity index (χ3n) is 3.05. The molecule has 0 spiro atoms. The summed E-state index contributed by atoms with van der Waals surface area (Å²) in [6, 6.07) is 0. The summed E-state index contributed by atoms with van der Waals surface area (Å²) in [5.41, 5.74) is 0.655. The van der Waals surface area contributed by atoms with Crippen molar-refractivity contribution in [3.63, 3.8) is 0 Å². The first-order valence-electron chi connectivity index (χ1n) is 6.30. The Hall–Kier alpha value is -2.45. The Morgan fingerprint density at radius 2 is 2.10 bits per heavy atom. The molecule has 0 aliphatic carbocycles. The number of rotatable bonds is 6. The van der Waals surface area contributed by atoms with E-state index in [2.05, 4.69) is 15.2 Å². The molecule has 9 heteroatoms. The summed E-state index contributed by atoms with van der Waals surface area (Å²) in [5, 5.41) is 17.4. The van der Waals surface area contributed by atoms with E-state index in [1.54, 1.807) is 20.8 Å². The molecule has 1 atom stereocenters. The van der Waals surface area contributed by atoms with Gasteiger partial charge in [0.2, 0.25) is 5.91 Å². The van der Waals surface area contributed by atoms with Crippen LogP contribution < -0.4 is 5.32 Å². The lowest BCUT2D eigenvalue weighted by Gasteiger charge is -2.12. The molecule has 116 valence electrons. The number of esters is 1. The molecule has 0 saturated heterocycles. The monoisotopic (exact) mass is 298 g/mol. The molecular formula is C12H18N4O5. The second-order valence-electron chi connectivity index (χ2n) is 4.65. The first-order valence-corrected chi connectivity index (χ1v) is 6.30. The Balaban J connectivity index is 2.73. The number of carbonyl (C=O) groups is 2. The maximum atomic E-state index is 11.8. The lowest BCUT2D eigenvalue weighted by atomic mass is 10.1. The van der Waals surface area contributed by atoms with Crippen molar-refractivity contribution in [2.75, 3.05) is 13.7 Å². The van der Waals surface area contributed by atoms with Crippen LogP contribution in [-0.4, -0.2) is 40.2 Å². The van der Waals surface area contributed by atoms with E-state index in [4.69, 9.17) is 0 Å². The van der Waals surface area contributed by atoms with Crippen molar-refractivity contribution >= 4 is 17.6 Å². The zero-order valence-electron chi connectivity index (χ0n) is 12.4. The number of nitrogens with zero attached hydrogens (tertiary/aromatic N) is 3. The van der Waals surface area contributed by atoms with Crippen molar-refractivity contribution < 1.29 is 19.2 Å². The first kappa shape index (κ1) is 16.6. The van der Waals surface area contributed by atoms with Crippen LogP contribution in [-0.2, 0) is 20.9 Å². The minimum absolute atomic E-state index is 0.0443. The Kier molecular flexibility index (Phi) is 5.39. The first-order chi connectivity index (χ1) is 9.77. The number of aryl methyl sites for hydroxylation is 1. The molecule has 1 unspecified atom stereocenters.